The summed E-state index contributed by atoms with van der Waals surface area (Å²) in [6.07, 6.45) is -4.39. The van der Waals surface area contributed by atoms with Crippen molar-refractivity contribution < 1.29 is 23.1 Å². The van der Waals surface area contributed by atoms with Crippen LogP contribution in [0.3, 0.4) is 0 Å². The topological polar surface area (TPSA) is 73.2 Å². The summed E-state index contributed by atoms with van der Waals surface area (Å²) in [5.74, 6) is -0.405. The predicted molar refractivity (Wildman–Crippen MR) is 122 cm³/mol. The molecule has 3 aromatic carbocycles. The van der Waals surface area contributed by atoms with E-state index in [9.17, 15) is 23.1 Å². The second kappa shape index (κ2) is 8.52. The Bertz CT molecular complexity index is 1180. The lowest BCUT2D eigenvalue weighted by molar-refractivity contribution is -0.137. The number of nitrogens with one attached hydrogen (secondary N) is 2. The molecule has 4 nitrogen and oxygen atoms in total. The molecule has 0 unspecified atom stereocenters. The standard InChI is InChI=1S/C24H23F3N2O2Si/c1-32(19-9-5-15-10-18(30)8-4-16(15)11-19)23(31)22(28)21-13-29-12-20(21)14-2-6-17(7-3-14)24(25,26)27/h2-11,20-21,28-30,32H,12-13H2,1H3/t20-,21+,32+/m1/s1. The van der Waals surface area contributed by atoms with E-state index in [0.29, 0.717) is 18.7 Å². The monoisotopic (exact) mass is 456 g/mol. The third kappa shape index (κ3) is 4.33. The highest BCUT2D eigenvalue weighted by molar-refractivity contribution is 7.07. The summed E-state index contributed by atoms with van der Waals surface area (Å²) in [6, 6.07) is 15.8. The van der Waals surface area contributed by atoms with Gasteiger partial charge in [0.05, 0.1) is 11.3 Å². The largest absolute Gasteiger partial charge is 0.508 e. The summed E-state index contributed by atoms with van der Waals surface area (Å²) in [4.78, 5) is 13.2. The zero-order chi connectivity index (χ0) is 23.0. The molecule has 4 rings (SSSR count). The molecule has 0 bridgehead atoms. The van der Waals surface area contributed by atoms with Gasteiger partial charge in [-0.25, -0.2) is 0 Å². The van der Waals surface area contributed by atoms with Crippen molar-refractivity contribution in [2.24, 2.45) is 5.92 Å². The molecule has 1 heterocycles. The predicted octanol–water partition coefficient (Wildman–Crippen LogP) is 3.76. The molecule has 0 radical (unpaired) electrons. The fourth-order valence-electron chi connectivity index (χ4n) is 4.34. The number of alkyl halides is 3. The molecule has 3 atom stereocenters. The first-order chi connectivity index (χ1) is 15.1. The molecule has 1 aliphatic heterocycles. The molecule has 0 aliphatic carbocycles. The number of aromatic hydroxyl groups is 1. The van der Waals surface area contributed by atoms with Gasteiger partial charge in [-0.05, 0) is 40.6 Å². The van der Waals surface area contributed by atoms with Gasteiger partial charge in [0.2, 0.25) is 0 Å². The second-order valence-electron chi connectivity index (χ2n) is 8.28. The summed E-state index contributed by atoms with van der Waals surface area (Å²) < 4.78 is 38.6. The molecule has 8 heteroatoms. The van der Waals surface area contributed by atoms with Crippen molar-refractivity contribution in [1.82, 2.24) is 5.32 Å². The van der Waals surface area contributed by atoms with Gasteiger partial charge in [0, 0.05) is 24.9 Å². The zero-order valence-electron chi connectivity index (χ0n) is 17.4. The number of carbonyl (C=O) groups is 1. The van der Waals surface area contributed by atoms with Crippen molar-refractivity contribution in [2.45, 2.75) is 18.6 Å². The average Bonchev–Trinajstić information content (AvgIpc) is 3.26. The highest BCUT2D eigenvalue weighted by Crippen LogP contribution is 2.33. The molecule has 0 spiro atoms. The smallest absolute Gasteiger partial charge is 0.416 e. The van der Waals surface area contributed by atoms with Crippen molar-refractivity contribution in [3.05, 3.63) is 71.8 Å². The molecule has 1 fully saturated rings. The highest BCUT2D eigenvalue weighted by atomic mass is 28.3. The Balaban J connectivity index is 1.53. The van der Waals surface area contributed by atoms with Crippen LogP contribution < -0.4 is 10.5 Å². The molecular formula is C24H23F3N2O2Si. The van der Waals surface area contributed by atoms with Gasteiger partial charge in [0.25, 0.3) is 0 Å². The Kier molecular flexibility index (Phi) is 5.92. The van der Waals surface area contributed by atoms with Gasteiger partial charge < -0.3 is 15.8 Å². The maximum absolute atomic E-state index is 13.2. The Morgan fingerprint density at radius 2 is 1.69 bits per heavy atom. The fourth-order valence-corrected chi connectivity index (χ4v) is 6.14. The SMILES string of the molecule is C[Si@H](C(=O)C(=N)[C@H]1CNC[C@@H]1c1ccc(C(F)(F)F)cc1)c1ccc2cc(O)ccc2c1. The van der Waals surface area contributed by atoms with Gasteiger partial charge >= 0.3 is 6.18 Å². The zero-order valence-corrected chi connectivity index (χ0v) is 18.6. The van der Waals surface area contributed by atoms with Gasteiger partial charge in [-0.15, -0.1) is 0 Å². The molecule has 0 saturated carbocycles. The molecule has 32 heavy (non-hydrogen) atoms. The van der Waals surface area contributed by atoms with Crippen LogP contribution in [0.5, 0.6) is 5.75 Å². The lowest BCUT2D eigenvalue weighted by Gasteiger charge is -2.21. The van der Waals surface area contributed by atoms with Crippen LogP contribution in [0.1, 0.15) is 17.0 Å². The molecule has 0 amide bonds. The van der Waals surface area contributed by atoms with Crippen LogP contribution in [0.2, 0.25) is 6.55 Å². The van der Waals surface area contributed by atoms with Crippen molar-refractivity contribution in [3.63, 3.8) is 0 Å². The van der Waals surface area contributed by atoms with E-state index in [4.69, 9.17) is 5.41 Å². The second-order valence-corrected chi connectivity index (χ2v) is 10.9. The number of hydrogen-bond donors (Lipinski definition) is 3. The van der Waals surface area contributed by atoms with Gasteiger partial charge in [-0.1, -0.05) is 48.1 Å². The average molecular weight is 457 g/mol. The van der Waals surface area contributed by atoms with Crippen LogP contribution in [-0.4, -0.2) is 38.1 Å². The number of carbonyl (C=O) groups excluding carboxylic acids is 1. The molecule has 3 N–H and O–H groups in total. The van der Waals surface area contributed by atoms with Crippen LogP contribution in [0.15, 0.2) is 60.7 Å². The maximum atomic E-state index is 13.2. The number of fused-ring (bicyclic) bond motifs is 1. The number of phenolic OH excluding ortho intramolecular Hbond substituents is 1. The Hall–Kier alpha value is -2.97. The van der Waals surface area contributed by atoms with E-state index in [2.05, 4.69) is 5.32 Å². The van der Waals surface area contributed by atoms with Crippen molar-refractivity contribution in [1.29, 1.82) is 5.41 Å². The molecule has 3 aromatic rings. The van der Waals surface area contributed by atoms with E-state index in [1.807, 2.05) is 24.7 Å². The maximum Gasteiger partial charge on any atom is 0.416 e. The normalized spacial score (nSPS) is 19.8. The Labute approximate surface area is 185 Å². The molecule has 1 aliphatic rings. The Morgan fingerprint density at radius 1 is 1.03 bits per heavy atom. The lowest BCUT2D eigenvalue weighted by atomic mass is 9.85. The minimum Gasteiger partial charge on any atom is -0.508 e. The minimum absolute atomic E-state index is 0.0462. The molecule has 166 valence electrons. The van der Waals surface area contributed by atoms with Crippen molar-refractivity contribution in [2.75, 3.05) is 13.1 Å². The van der Waals surface area contributed by atoms with Gasteiger partial charge in [0.15, 0.2) is 14.2 Å². The summed E-state index contributed by atoms with van der Waals surface area (Å²) in [5, 5.41) is 24.0. The number of hydrogen-bond acceptors (Lipinski definition) is 4. The van der Waals surface area contributed by atoms with E-state index in [1.54, 1.807) is 18.2 Å². The number of benzene rings is 3. The Morgan fingerprint density at radius 3 is 2.38 bits per heavy atom. The van der Waals surface area contributed by atoms with E-state index < -0.39 is 20.5 Å². The highest BCUT2D eigenvalue weighted by Gasteiger charge is 2.37. The first-order valence-electron chi connectivity index (χ1n) is 10.4. The van der Waals surface area contributed by atoms with Crippen LogP contribution in [0, 0.1) is 11.3 Å². The quantitative estimate of drug-likeness (QED) is 0.404. The minimum atomic E-state index is -4.39. The van der Waals surface area contributed by atoms with E-state index >= 15 is 0 Å². The first-order valence-corrected chi connectivity index (χ1v) is 12.7. The van der Waals surface area contributed by atoms with Crippen molar-refractivity contribution in [3.8, 4) is 5.75 Å². The van der Waals surface area contributed by atoms with Crippen LogP contribution in [0.4, 0.5) is 13.2 Å². The van der Waals surface area contributed by atoms with E-state index in [0.717, 1.165) is 28.1 Å². The van der Waals surface area contributed by atoms with Crippen LogP contribution in [0.25, 0.3) is 10.8 Å². The first kappa shape index (κ1) is 22.2. The summed E-state index contributed by atoms with van der Waals surface area (Å²) in [5.41, 5.74) is 0.0378. The van der Waals surface area contributed by atoms with Crippen molar-refractivity contribution >= 4 is 35.9 Å². The number of phenols is 1. The molecule has 0 aromatic heterocycles. The third-order valence-electron chi connectivity index (χ3n) is 6.26. The fraction of sp³-hybridized carbons (Fsp3) is 0.250. The van der Waals surface area contributed by atoms with Crippen LogP contribution >= 0.6 is 0 Å². The summed E-state index contributed by atoms with van der Waals surface area (Å²) >= 11 is 0. The molecular weight excluding hydrogens is 433 g/mol. The number of halogens is 3. The van der Waals surface area contributed by atoms with E-state index in [1.165, 1.54) is 12.1 Å². The molecule has 1 saturated heterocycles. The third-order valence-corrected chi connectivity index (χ3v) is 8.71. The lowest BCUT2D eigenvalue weighted by Crippen LogP contribution is -2.43. The number of rotatable bonds is 5. The summed E-state index contributed by atoms with van der Waals surface area (Å²) in [7, 11) is -2.14. The summed E-state index contributed by atoms with van der Waals surface area (Å²) in [6.45, 7) is 2.86. The van der Waals surface area contributed by atoms with Gasteiger partial charge in [0.1, 0.15) is 5.75 Å². The van der Waals surface area contributed by atoms with Crippen LogP contribution in [-0.2, 0) is 11.0 Å². The van der Waals surface area contributed by atoms with E-state index in [-0.39, 0.29) is 28.7 Å². The van der Waals surface area contributed by atoms with Gasteiger partial charge in [-0.3, -0.25) is 4.79 Å². The van der Waals surface area contributed by atoms with Gasteiger partial charge in [-0.2, -0.15) is 13.2 Å².